The Morgan fingerprint density at radius 2 is 1.65 bits per heavy atom. The first kappa shape index (κ1) is 12.9. The minimum Gasteiger partial charge on any atom is -0.398 e. The summed E-state index contributed by atoms with van der Waals surface area (Å²) in [6, 6.07) is 1.87. The number of allylic oxidation sites excluding steroid dienone is 2. The monoisotopic (exact) mass is 227 g/mol. The van der Waals surface area contributed by atoms with E-state index in [9.17, 15) is 0 Å². The van der Waals surface area contributed by atoms with Gasteiger partial charge in [-0.1, -0.05) is 24.3 Å². The highest BCUT2D eigenvalue weighted by Crippen LogP contribution is 2.40. The first-order valence-electron chi connectivity index (χ1n) is 5.34. The Labute approximate surface area is 102 Å². The molecule has 0 atom stereocenters. The molecule has 0 aromatic heterocycles. The number of hydrogen-bond donors (Lipinski definition) is 1. The van der Waals surface area contributed by atoms with Crippen molar-refractivity contribution in [1.29, 1.82) is 0 Å². The summed E-state index contributed by atoms with van der Waals surface area (Å²) < 4.78 is 0. The van der Waals surface area contributed by atoms with Crippen LogP contribution in [0.4, 0.5) is 17.1 Å². The van der Waals surface area contributed by atoms with Crippen LogP contribution >= 0.6 is 0 Å². The van der Waals surface area contributed by atoms with Crippen LogP contribution in [0.5, 0.6) is 0 Å². The van der Waals surface area contributed by atoms with Gasteiger partial charge in [-0.15, -0.1) is 0 Å². The van der Waals surface area contributed by atoms with Gasteiger partial charge in [0.1, 0.15) is 0 Å². The molecule has 0 radical (unpaired) electrons. The van der Waals surface area contributed by atoms with Crippen LogP contribution in [0.3, 0.4) is 0 Å². The van der Waals surface area contributed by atoms with Crippen molar-refractivity contribution < 1.29 is 0 Å². The summed E-state index contributed by atoms with van der Waals surface area (Å²) in [6.45, 7) is 11.0. The fraction of sp³-hybridized carbons (Fsp3) is 0.143. The summed E-state index contributed by atoms with van der Waals surface area (Å²) in [5, 5.41) is 0. The first-order valence-corrected chi connectivity index (χ1v) is 5.34. The standard InChI is InChI=1S/C14H17N3/c1-5-7-10-9-12(15)11(8-6-2)14(17-4)13(10)16-3/h5-9H,3-4,15H2,1-2H3/b7-5-,8-6-. The second-order valence-electron chi connectivity index (χ2n) is 3.48. The molecule has 17 heavy (non-hydrogen) atoms. The van der Waals surface area contributed by atoms with Gasteiger partial charge in [0.15, 0.2) is 0 Å². The van der Waals surface area contributed by atoms with E-state index < -0.39 is 0 Å². The molecule has 0 spiro atoms. The largest absolute Gasteiger partial charge is 0.398 e. The third kappa shape index (κ3) is 2.50. The molecule has 0 saturated heterocycles. The number of hydrogen-bond acceptors (Lipinski definition) is 3. The molecule has 2 N–H and O–H groups in total. The van der Waals surface area contributed by atoms with Gasteiger partial charge in [0.05, 0.1) is 11.4 Å². The molecule has 3 nitrogen and oxygen atoms in total. The molecular formula is C14H17N3. The van der Waals surface area contributed by atoms with Crippen LogP contribution < -0.4 is 5.73 Å². The van der Waals surface area contributed by atoms with Crippen molar-refractivity contribution in [1.82, 2.24) is 0 Å². The molecule has 0 aliphatic rings. The van der Waals surface area contributed by atoms with Crippen LogP contribution in [0, 0.1) is 0 Å². The number of aliphatic imine (C=N–C) groups is 2. The Bertz CT molecular complexity index is 497. The van der Waals surface area contributed by atoms with Crippen molar-refractivity contribution in [3.05, 3.63) is 29.3 Å². The van der Waals surface area contributed by atoms with Gasteiger partial charge in [-0.05, 0) is 33.3 Å². The zero-order valence-electron chi connectivity index (χ0n) is 10.3. The van der Waals surface area contributed by atoms with Gasteiger partial charge < -0.3 is 5.73 Å². The first-order chi connectivity index (χ1) is 8.19. The van der Waals surface area contributed by atoms with Crippen molar-refractivity contribution in [2.75, 3.05) is 5.73 Å². The summed E-state index contributed by atoms with van der Waals surface area (Å²) in [6.07, 6.45) is 7.65. The van der Waals surface area contributed by atoms with E-state index in [1.54, 1.807) is 0 Å². The molecule has 1 aromatic carbocycles. The Balaban J connectivity index is 3.67. The molecule has 0 aliphatic carbocycles. The molecule has 88 valence electrons. The van der Waals surface area contributed by atoms with Gasteiger partial charge >= 0.3 is 0 Å². The average Bonchev–Trinajstić information content (AvgIpc) is 2.32. The second-order valence-corrected chi connectivity index (χ2v) is 3.48. The van der Waals surface area contributed by atoms with Gasteiger partial charge in [-0.2, -0.15) is 0 Å². The molecule has 0 unspecified atom stereocenters. The molecule has 0 fully saturated rings. The lowest BCUT2D eigenvalue weighted by atomic mass is 10.0. The summed E-state index contributed by atoms with van der Waals surface area (Å²) in [5.74, 6) is 0. The third-order valence-electron chi connectivity index (χ3n) is 2.37. The van der Waals surface area contributed by atoms with Crippen molar-refractivity contribution >= 4 is 42.6 Å². The van der Waals surface area contributed by atoms with Gasteiger partial charge in [0, 0.05) is 16.8 Å². The summed E-state index contributed by atoms with van der Waals surface area (Å²) >= 11 is 0. The maximum absolute atomic E-state index is 6.00. The van der Waals surface area contributed by atoms with E-state index in [4.69, 9.17) is 5.73 Å². The molecule has 0 heterocycles. The lowest BCUT2D eigenvalue weighted by Gasteiger charge is -2.11. The molecule has 1 rings (SSSR count). The smallest absolute Gasteiger partial charge is 0.0977 e. The maximum atomic E-state index is 6.00. The van der Waals surface area contributed by atoms with E-state index >= 15 is 0 Å². The van der Waals surface area contributed by atoms with Gasteiger partial charge in [0.2, 0.25) is 0 Å². The predicted octanol–water partition coefficient (Wildman–Crippen LogP) is 4.00. The van der Waals surface area contributed by atoms with E-state index in [-0.39, 0.29) is 0 Å². The van der Waals surface area contributed by atoms with Crippen molar-refractivity contribution in [2.24, 2.45) is 9.98 Å². The van der Waals surface area contributed by atoms with Crippen molar-refractivity contribution in [3.63, 3.8) is 0 Å². The van der Waals surface area contributed by atoms with E-state index in [1.165, 1.54) is 0 Å². The summed E-state index contributed by atoms with van der Waals surface area (Å²) in [7, 11) is 0. The van der Waals surface area contributed by atoms with Crippen LogP contribution in [-0.2, 0) is 0 Å². The van der Waals surface area contributed by atoms with Gasteiger partial charge in [-0.25, -0.2) is 0 Å². The van der Waals surface area contributed by atoms with Gasteiger partial charge in [-0.3, -0.25) is 9.98 Å². The zero-order chi connectivity index (χ0) is 12.8. The molecule has 0 saturated carbocycles. The fourth-order valence-electron chi connectivity index (χ4n) is 1.69. The summed E-state index contributed by atoms with van der Waals surface area (Å²) in [4.78, 5) is 8.03. The minimum atomic E-state index is 0.658. The Morgan fingerprint density at radius 1 is 1.06 bits per heavy atom. The number of nitrogens with two attached hydrogens (primary N) is 1. The second kappa shape index (κ2) is 5.80. The number of nitrogens with zero attached hydrogens (tertiary/aromatic N) is 2. The normalized spacial score (nSPS) is 11.2. The zero-order valence-corrected chi connectivity index (χ0v) is 10.3. The Morgan fingerprint density at radius 3 is 2.12 bits per heavy atom. The van der Waals surface area contributed by atoms with Crippen molar-refractivity contribution in [3.8, 4) is 0 Å². The topological polar surface area (TPSA) is 50.7 Å². The maximum Gasteiger partial charge on any atom is 0.0977 e. The third-order valence-corrected chi connectivity index (χ3v) is 2.37. The number of benzene rings is 1. The quantitative estimate of drug-likeness (QED) is 0.613. The van der Waals surface area contributed by atoms with E-state index in [1.807, 2.05) is 44.2 Å². The lowest BCUT2D eigenvalue weighted by molar-refractivity contribution is 1.44. The Kier molecular flexibility index (Phi) is 4.40. The minimum absolute atomic E-state index is 0.658. The number of nitrogen functional groups attached to an aromatic ring is 1. The molecule has 0 amide bonds. The van der Waals surface area contributed by atoms with E-state index in [0.717, 1.165) is 11.1 Å². The van der Waals surface area contributed by atoms with E-state index in [2.05, 4.69) is 23.4 Å². The number of rotatable bonds is 4. The fourth-order valence-corrected chi connectivity index (χ4v) is 1.69. The van der Waals surface area contributed by atoms with Crippen LogP contribution in [0.15, 0.2) is 28.2 Å². The average molecular weight is 227 g/mol. The Hall–Kier alpha value is -2.16. The predicted molar refractivity (Wildman–Crippen MR) is 78.7 cm³/mol. The van der Waals surface area contributed by atoms with Crippen LogP contribution in [0.2, 0.25) is 0 Å². The SMILES string of the molecule is C=Nc1c(/C=C\C)cc(N)c(/C=C\C)c1N=C. The van der Waals surface area contributed by atoms with Crippen LogP contribution in [-0.4, -0.2) is 13.4 Å². The molecule has 0 bridgehead atoms. The highest BCUT2D eigenvalue weighted by molar-refractivity contribution is 5.90. The number of anilines is 1. The molecule has 3 heteroatoms. The highest BCUT2D eigenvalue weighted by Gasteiger charge is 2.11. The van der Waals surface area contributed by atoms with Crippen LogP contribution in [0.1, 0.15) is 25.0 Å². The lowest BCUT2D eigenvalue weighted by Crippen LogP contribution is -1.92. The molecule has 1 aromatic rings. The van der Waals surface area contributed by atoms with Crippen molar-refractivity contribution in [2.45, 2.75) is 13.8 Å². The highest BCUT2D eigenvalue weighted by atomic mass is 14.8. The van der Waals surface area contributed by atoms with Gasteiger partial charge in [0.25, 0.3) is 0 Å². The molecular weight excluding hydrogens is 210 g/mol. The summed E-state index contributed by atoms with van der Waals surface area (Å²) in [5.41, 5.74) is 9.77. The van der Waals surface area contributed by atoms with Crippen LogP contribution in [0.25, 0.3) is 12.2 Å². The van der Waals surface area contributed by atoms with E-state index in [0.29, 0.717) is 17.1 Å². The molecule has 0 aliphatic heterocycles.